The standard InChI is InChI=1S/C16H31NO/c1-12-4-6-14(7-5-12)15(17)16(18-3)10-8-13(2)9-11-16/h12-15H,4-11,17H2,1-3H3. The number of methoxy groups -OCH3 is 1. The molecule has 0 radical (unpaired) electrons. The van der Waals surface area contributed by atoms with E-state index in [2.05, 4.69) is 13.8 Å². The normalized spacial score (nSPS) is 43.7. The van der Waals surface area contributed by atoms with E-state index in [9.17, 15) is 0 Å². The predicted octanol–water partition coefficient (Wildman–Crippen LogP) is 3.74. The maximum Gasteiger partial charge on any atom is 0.0831 e. The summed E-state index contributed by atoms with van der Waals surface area (Å²) in [5, 5.41) is 0. The van der Waals surface area contributed by atoms with Crippen LogP contribution in [-0.2, 0) is 4.74 Å². The Morgan fingerprint density at radius 1 is 0.944 bits per heavy atom. The molecule has 2 rings (SSSR count). The fraction of sp³-hybridized carbons (Fsp3) is 1.00. The van der Waals surface area contributed by atoms with E-state index in [1.807, 2.05) is 7.11 Å². The van der Waals surface area contributed by atoms with Crippen LogP contribution in [0.1, 0.15) is 65.2 Å². The van der Waals surface area contributed by atoms with E-state index in [0.29, 0.717) is 5.92 Å². The summed E-state index contributed by atoms with van der Waals surface area (Å²) in [5.41, 5.74) is 6.62. The first-order chi connectivity index (χ1) is 8.57. The maximum absolute atomic E-state index is 6.63. The summed E-state index contributed by atoms with van der Waals surface area (Å²) in [7, 11) is 1.88. The molecule has 0 aromatic rings. The molecule has 2 N–H and O–H groups in total. The number of rotatable bonds is 3. The van der Waals surface area contributed by atoms with Crippen molar-refractivity contribution in [2.24, 2.45) is 23.5 Å². The van der Waals surface area contributed by atoms with Crippen LogP contribution >= 0.6 is 0 Å². The van der Waals surface area contributed by atoms with Crippen molar-refractivity contribution in [3.05, 3.63) is 0 Å². The Morgan fingerprint density at radius 2 is 1.44 bits per heavy atom. The van der Waals surface area contributed by atoms with Crippen LogP contribution < -0.4 is 5.73 Å². The number of hydrogen-bond acceptors (Lipinski definition) is 2. The zero-order chi connectivity index (χ0) is 13.2. The van der Waals surface area contributed by atoms with Crippen molar-refractivity contribution in [2.45, 2.75) is 76.9 Å². The lowest BCUT2D eigenvalue weighted by atomic mass is 9.68. The summed E-state index contributed by atoms with van der Waals surface area (Å²) in [6.07, 6.45) is 10.2. The van der Waals surface area contributed by atoms with E-state index < -0.39 is 0 Å². The van der Waals surface area contributed by atoms with E-state index in [4.69, 9.17) is 10.5 Å². The van der Waals surface area contributed by atoms with Crippen molar-refractivity contribution in [2.75, 3.05) is 7.11 Å². The van der Waals surface area contributed by atoms with Gasteiger partial charge in [0.15, 0.2) is 0 Å². The minimum absolute atomic E-state index is 0.0161. The molecule has 2 saturated carbocycles. The van der Waals surface area contributed by atoms with Crippen LogP contribution in [0.25, 0.3) is 0 Å². The van der Waals surface area contributed by atoms with Gasteiger partial charge < -0.3 is 10.5 Å². The zero-order valence-corrected chi connectivity index (χ0v) is 12.5. The van der Waals surface area contributed by atoms with Crippen LogP contribution in [0.5, 0.6) is 0 Å². The van der Waals surface area contributed by atoms with Gasteiger partial charge in [-0.2, -0.15) is 0 Å². The summed E-state index contributed by atoms with van der Waals surface area (Å²) in [4.78, 5) is 0. The van der Waals surface area contributed by atoms with Gasteiger partial charge >= 0.3 is 0 Å². The maximum atomic E-state index is 6.63. The molecule has 1 atom stereocenters. The van der Waals surface area contributed by atoms with Gasteiger partial charge in [-0.3, -0.25) is 0 Å². The van der Waals surface area contributed by atoms with Crippen LogP contribution in [0.15, 0.2) is 0 Å². The first kappa shape index (κ1) is 14.3. The molecule has 0 saturated heterocycles. The average Bonchev–Trinajstić information content (AvgIpc) is 2.40. The molecule has 18 heavy (non-hydrogen) atoms. The third kappa shape index (κ3) is 2.91. The summed E-state index contributed by atoms with van der Waals surface area (Å²) in [6, 6.07) is 0.252. The molecule has 0 spiro atoms. The molecule has 2 nitrogen and oxygen atoms in total. The Bertz CT molecular complexity index is 250. The summed E-state index contributed by atoms with van der Waals surface area (Å²) >= 11 is 0. The van der Waals surface area contributed by atoms with Crippen molar-refractivity contribution in [1.82, 2.24) is 0 Å². The molecule has 2 aliphatic rings. The van der Waals surface area contributed by atoms with Crippen molar-refractivity contribution in [1.29, 1.82) is 0 Å². The van der Waals surface area contributed by atoms with Gasteiger partial charge in [-0.05, 0) is 56.3 Å². The SMILES string of the molecule is COC1(C(N)C2CCC(C)CC2)CCC(C)CC1. The molecule has 0 aliphatic heterocycles. The first-order valence-electron chi connectivity index (χ1n) is 7.88. The number of nitrogens with two attached hydrogens (primary N) is 1. The van der Waals surface area contributed by atoms with Crippen molar-refractivity contribution in [3.8, 4) is 0 Å². The second-order valence-electron chi connectivity index (χ2n) is 7.00. The molecule has 0 amide bonds. The Morgan fingerprint density at radius 3 is 1.94 bits per heavy atom. The predicted molar refractivity (Wildman–Crippen MR) is 76.5 cm³/mol. The van der Waals surface area contributed by atoms with Gasteiger partial charge in [0.1, 0.15) is 0 Å². The monoisotopic (exact) mass is 253 g/mol. The van der Waals surface area contributed by atoms with Gasteiger partial charge in [0.05, 0.1) is 5.60 Å². The summed E-state index contributed by atoms with van der Waals surface area (Å²) < 4.78 is 5.94. The van der Waals surface area contributed by atoms with Crippen LogP contribution in [-0.4, -0.2) is 18.8 Å². The van der Waals surface area contributed by atoms with E-state index in [1.165, 1.54) is 38.5 Å². The molecule has 2 fully saturated rings. The molecule has 106 valence electrons. The Balaban J connectivity index is 1.98. The first-order valence-corrected chi connectivity index (χ1v) is 7.88. The van der Waals surface area contributed by atoms with Gasteiger partial charge in [0.25, 0.3) is 0 Å². The van der Waals surface area contributed by atoms with E-state index in [-0.39, 0.29) is 11.6 Å². The fourth-order valence-corrected chi connectivity index (χ4v) is 4.00. The molecule has 0 bridgehead atoms. The van der Waals surface area contributed by atoms with E-state index >= 15 is 0 Å². The fourth-order valence-electron chi connectivity index (χ4n) is 4.00. The second-order valence-corrected chi connectivity index (χ2v) is 7.00. The second kappa shape index (κ2) is 5.92. The van der Waals surface area contributed by atoms with Crippen molar-refractivity contribution < 1.29 is 4.74 Å². The van der Waals surface area contributed by atoms with Gasteiger partial charge in [-0.15, -0.1) is 0 Å². The molecule has 0 heterocycles. The van der Waals surface area contributed by atoms with Crippen LogP contribution in [0.4, 0.5) is 0 Å². The summed E-state index contributed by atoms with van der Waals surface area (Å²) in [6.45, 7) is 4.73. The van der Waals surface area contributed by atoms with Crippen LogP contribution in [0.3, 0.4) is 0 Å². The zero-order valence-electron chi connectivity index (χ0n) is 12.5. The average molecular weight is 253 g/mol. The highest BCUT2D eigenvalue weighted by atomic mass is 16.5. The lowest BCUT2D eigenvalue weighted by Crippen LogP contribution is -2.55. The van der Waals surface area contributed by atoms with Gasteiger partial charge in [0, 0.05) is 13.2 Å². The summed E-state index contributed by atoms with van der Waals surface area (Å²) in [5.74, 6) is 2.44. The molecule has 0 aromatic carbocycles. The van der Waals surface area contributed by atoms with Crippen molar-refractivity contribution >= 4 is 0 Å². The lowest BCUT2D eigenvalue weighted by molar-refractivity contribution is -0.0826. The van der Waals surface area contributed by atoms with Crippen molar-refractivity contribution in [3.63, 3.8) is 0 Å². The van der Waals surface area contributed by atoms with E-state index in [0.717, 1.165) is 24.7 Å². The number of hydrogen-bond donors (Lipinski definition) is 1. The Hall–Kier alpha value is -0.0800. The Labute approximate surface area is 113 Å². The Kier molecular flexibility index (Phi) is 4.71. The molecule has 1 unspecified atom stereocenters. The molecule has 2 heteroatoms. The highest BCUT2D eigenvalue weighted by Gasteiger charge is 2.43. The topological polar surface area (TPSA) is 35.2 Å². The van der Waals surface area contributed by atoms with Gasteiger partial charge in [0.2, 0.25) is 0 Å². The molecule has 0 aromatic heterocycles. The quantitative estimate of drug-likeness (QED) is 0.831. The molecular formula is C16H31NO. The minimum Gasteiger partial charge on any atom is -0.377 e. The highest BCUT2D eigenvalue weighted by molar-refractivity contribution is 4.98. The largest absolute Gasteiger partial charge is 0.377 e. The van der Waals surface area contributed by atoms with Gasteiger partial charge in [-0.1, -0.05) is 26.7 Å². The minimum atomic E-state index is -0.0161. The number of ether oxygens (including phenoxy) is 1. The van der Waals surface area contributed by atoms with Crippen LogP contribution in [0.2, 0.25) is 0 Å². The highest BCUT2D eigenvalue weighted by Crippen LogP contribution is 2.41. The van der Waals surface area contributed by atoms with E-state index in [1.54, 1.807) is 0 Å². The third-order valence-electron chi connectivity index (χ3n) is 5.70. The molecular weight excluding hydrogens is 222 g/mol. The lowest BCUT2D eigenvalue weighted by Gasteiger charge is -2.46. The van der Waals surface area contributed by atoms with Gasteiger partial charge in [-0.25, -0.2) is 0 Å². The molecule has 2 aliphatic carbocycles. The van der Waals surface area contributed by atoms with Crippen LogP contribution in [0, 0.1) is 17.8 Å². The smallest absolute Gasteiger partial charge is 0.0831 e. The third-order valence-corrected chi connectivity index (χ3v) is 5.70.